The monoisotopic (exact) mass is 317 g/mol. The van der Waals surface area contributed by atoms with Crippen LogP contribution in [0.4, 0.5) is 13.2 Å². The van der Waals surface area contributed by atoms with E-state index in [-0.39, 0.29) is 12.1 Å². The first-order valence-corrected chi connectivity index (χ1v) is 4.90. The van der Waals surface area contributed by atoms with E-state index in [0.717, 1.165) is 4.57 Å². The second-order valence-electron chi connectivity index (χ2n) is 2.72. The molecule has 0 amide bonds. The van der Waals surface area contributed by atoms with E-state index in [1.165, 1.54) is 6.20 Å². The Morgan fingerprint density at radius 2 is 2.07 bits per heavy atom. The van der Waals surface area contributed by atoms with Gasteiger partial charge in [-0.25, -0.2) is 0 Å². The van der Waals surface area contributed by atoms with Gasteiger partial charge in [0.1, 0.15) is 0 Å². The van der Waals surface area contributed by atoms with Crippen molar-refractivity contribution in [3.05, 3.63) is 32.3 Å². The number of pyridine rings is 1. The van der Waals surface area contributed by atoms with Gasteiger partial charge in [-0.05, 0) is 34.7 Å². The molecule has 0 unspecified atom stereocenters. The SMILES string of the molecule is O=c1c(I)cccn1CCC(F)(F)F. The predicted octanol–water partition coefficient (Wildman–Crippen LogP) is 2.41. The van der Waals surface area contributed by atoms with E-state index in [2.05, 4.69) is 0 Å². The molecular weight excluding hydrogens is 310 g/mol. The van der Waals surface area contributed by atoms with E-state index < -0.39 is 12.6 Å². The van der Waals surface area contributed by atoms with Gasteiger partial charge in [0.2, 0.25) is 0 Å². The second kappa shape index (κ2) is 4.33. The second-order valence-corrected chi connectivity index (χ2v) is 3.88. The van der Waals surface area contributed by atoms with Gasteiger partial charge in [-0.15, -0.1) is 0 Å². The lowest BCUT2D eigenvalue weighted by atomic mass is 10.4. The standard InChI is InChI=1S/C8H7F3INO/c9-8(10,11)3-5-13-4-1-2-6(12)7(13)14/h1-2,4H,3,5H2. The molecule has 0 bridgehead atoms. The maximum atomic E-state index is 11.9. The smallest absolute Gasteiger partial charge is 0.314 e. The van der Waals surface area contributed by atoms with Crippen LogP contribution in [0.1, 0.15) is 6.42 Å². The molecule has 0 aliphatic heterocycles. The van der Waals surface area contributed by atoms with Crippen LogP contribution in [0.2, 0.25) is 0 Å². The molecule has 0 aliphatic rings. The van der Waals surface area contributed by atoms with Crippen molar-refractivity contribution in [1.82, 2.24) is 4.57 Å². The van der Waals surface area contributed by atoms with Gasteiger partial charge in [0, 0.05) is 12.7 Å². The summed E-state index contributed by atoms with van der Waals surface area (Å²) in [5.74, 6) is 0. The highest BCUT2D eigenvalue weighted by Crippen LogP contribution is 2.19. The summed E-state index contributed by atoms with van der Waals surface area (Å²) in [6, 6.07) is 3.12. The van der Waals surface area contributed by atoms with Crippen LogP contribution < -0.4 is 5.56 Å². The molecule has 2 nitrogen and oxygen atoms in total. The normalized spacial score (nSPS) is 11.7. The fourth-order valence-electron chi connectivity index (χ4n) is 0.931. The maximum Gasteiger partial charge on any atom is 0.390 e. The third-order valence-electron chi connectivity index (χ3n) is 1.61. The van der Waals surface area contributed by atoms with Crippen molar-refractivity contribution in [2.45, 2.75) is 19.1 Å². The summed E-state index contributed by atoms with van der Waals surface area (Å²) in [4.78, 5) is 11.3. The Morgan fingerprint density at radius 1 is 1.43 bits per heavy atom. The molecule has 0 spiro atoms. The van der Waals surface area contributed by atoms with E-state index in [1.807, 2.05) is 0 Å². The Labute approximate surface area is 91.9 Å². The Kier molecular flexibility index (Phi) is 3.57. The average Bonchev–Trinajstić information content (AvgIpc) is 2.06. The highest BCUT2D eigenvalue weighted by molar-refractivity contribution is 14.1. The third-order valence-corrected chi connectivity index (χ3v) is 2.43. The number of aromatic nitrogens is 1. The summed E-state index contributed by atoms with van der Waals surface area (Å²) in [6.45, 7) is -0.320. The summed E-state index contributed by atoms with van der Waals surface area (Å²) in [5, 5.41) is 0. The van der Waals surface area contributed by atoms with Crippen LogP contribution in [0.5, 0.6) is 0 Å². The summed E-state index contributed by atoms with van der Waals surface area (Å²) in [7, 11) is 0. The zero-order valence-corrected chi connectivity index (χ0v) is 9.17. The van der Waals surface area contributed by atoms with Gasteiger partial charge in [-0.2, -0.15) is 13.2 Å². The highest BCUT2D eigenvalue weighted by Gasteiger charge is 2.26. The Morgan fingerprint density at radius 3 is 2.64 bits per heavy atom. The molecule has 1 rings (SSSR count). The summed E-state index contributed by atoms with van der Waals surface area (Å²) in [6.07, 6.45) is -3.84. The van der Waals surface area contributed by atoms with Crippen LogP contribution in [0, 0.1) is 3.57 Å². The molecule has 0 N–H and O–H groups in total. The molecule has 1 aromatic rings. The highest BCUT2D eigenvalue weighted by atomic mass is 127. The van der Waals surface area contributed by atoms with Crippen molar-refractivity contribution in [2.75, 3.05) is 0 Å². The van der Waals surface area contributed by atoms with E-state index in [4.69, 9.17) is 0 Å². The maximum absolute atomic E-state index is 11.9. The summed E-state index contributed by atoms with van der Waals surface area (Å²) >= 11 is 1.80. The van der Waals surface area contributed by atoms with Gasteiger partial charge in [-0.1, -0.05) is 0 Å². The van der Waals surface area contributed by atoms with E-state index in [9.17, 15) is 18.0 Å². The lowest BCUT2D eigenvalue weighted by Gasteiger charge is -2.08. The van der Waals surface area contributed by atoms with Gasteiger partial charge >= 0.3 is 6.18 Å². The van der Waals surface area contributed by atoms with E-state index in [1.54, 1.807) is 34.7 Å². The zero-order chi connectivity index (χ0) is 10.8. The van der Waals surface area contributed by atoms with E-state index >= 15 is 0 Å². The van der Waals surface area contributed by atoms with Gasteiger partial charge in [0.15, 0.2) is 0 Å². The number of halogens is 4. The van der Waals surface area contributed by atoms with Crippen LogP contribution in [0.3, 0.4) is 0 Å². The quantitative estimate of drug-likeness (QED) is 0.768. The number of nitrogens with zero attached hydrogens (tertiary/aromatic N) is 1. The molecule has 0 saturated heterocycles. The first-order valence-electron chi connectivity index (χ1n) is 3.82. The molecule has 0 aromatic carbocycles. The Hall–Kier alpha value is -0.530. The molecule has 78 valence electrons. The summed E-state index contributed by atoms with van der Waals surface area (Å²) in [5.41, 5.74) is -0.377. The zero-order valence-electron chi connectivity index (χ0n) is 7.01. The minimum absolute atomic E-state index is 0.320. The molecule has 0 saturated carbocycles. The lowest BCUT2D eigenvalue weighted by molar-refractivity contribution is -0.136. The van der Waals surface area contributed by atoms with Gasteiger partial charge < -0.3 is 4.57 Å². The molecule has 0 atom stereocenters. The van der Waals surface area contributed by atoms with Crippen molar-refractivity contribution < 1.29 is 13.2 Å². The largest absolute Gasteiger partial charge is 0.390 e. The first-order chi connectivity index (χ1) is 6.40. The fourth-order valence-corrected chi connectivity index (χ4v) is 1.45. The van der Waals surface area contributed by atoms with Crippen molar-refractivity contribution in [2.24, 2.45) is 0 Å². The van der Waals surface area contributed by atoms with Crippen molar-refractivity contribution in [1.29, 1.82) is 0 Å². The van der Waals surface area contributed by atoms with Crippen molar-refractivity contribution in [3.63, 3.8) is 0 Å². The molecule has 0 aliphatic carbocycles. The fraction of sp³-hybridized carbons (Fsp3) is 0.375. The van der Waals surface area contributed by atoms with Crippen LogP contribution in [0.25, 0.3) is 0 Å². The predicted molar refractivity (Wildman–Crippen MR) is 54.1 cm³/mol. The van der Waals surface area contributed by atoms with Crippen molar-refractivity contribution >= 4 is 22.6 Å². The van der Waals surface area contributed by atoms with Crippen LogP contribution in [-0.2, 0) is 6.54 Å². The number of hydrogen-bond donors (Lipinski definition) is 0. The lowest BCUT2D eigenvalue weighted by Crippen LogP contribution is -2.24. The first kappa shape index (κ1) is 11.5. The molecule has 6 heteroatoms. The molecule has 0 radical (unpaired) electrons. The minimum Gasteiger partial charge on any atom is -0.314 e. The molecule has 14 heavy (non-hydrogen) atoms. The van der Waals surface area contributed by atoms with Gasteiger partial charge in [0.05, 0.1) is 9.99 Å². The summed E-state index contributed by atoms with van der Waals surface area (Å²) < 4.78 is 37.1. The average molecular weight is 317 g/mol. The van der Waals surface area contributed by atoms with Crippen LogP contribution in [-0.4, -0.2) is 10.7 Å². The number of hydrogen-bond acceptors (Lipinski definition) is 1. The van der Waals surface area contributed by atoms with Crippen LogP contribution >= 0.6 is 22.6 Å². The van der Waals surface area contributed by atoms with E-state index in [0.29, 0.717) is 3.57 Å². The minimum atomic E-state index is -4.22. The Bertz CT molecular complexity index is 372. The van der Waals surface area contributed by atoms with Crippen molar-refractivity contribution in [3.8, 4) is 0 Å². The molecule has 1 aromatic heterocycles. The van der Waals surface area contributed by atoms with Gasteiger partial charge in [0.25, 0.3) is 5.56 Å². The third kappa shape index (κ3) is 3.32. The topological polar surface area (TPSA) is 22.0 Å². The van der Waals surface area contributed by atoms with Gasteiger partial charge in [-0.3, -0.25) is 4.79 Å². The molecule has 0 fully saturated rings. The number of rotatable bonds is 2. The number of alkyl halides is 3. The Balaban J connectivity index is 2.78. The molecule has 1 heterocycles. The number of aryl methyl sites for hydroxylation is 1. The molecular formula is C8H7F3INO. The van der Waals surface area contributed by atoms with Crippen LogP contribution in [0.15, 0.2) is 23.1 Å².